The average Bonchev–Trinajstić information content (AvgIpc) is 3.43. The van der Waals surface area contributed by atoms with Gasteiger partial charge in [-0.25, -0.2) is 4.79 Å². The monoisotopic (exact) mass is 476 g/mol. The van der Waals surface area contributed by atoms with Crippen molar-refractivity contribution in [3.63, 3.8) is 0 Å². The van der Waals surface area contributed by atoms with Crippen LogP contribution in [-0.2, 0) is 14.3 Å². The molecule has 1 heterocycles. The minimum atomic E-state index is -0.787. The van der Waals surface area contributed by atoms with Gasteiger partial charge in [0.25, 0.3) is 0 Å². The molecule has 0 bridgehead atoms. The highest BCUT2D eigenvalue weighted by Crippen LogP contribution is 2.44. The van der Waals surface area contributed by atoms with Gasteiger partial charge >= 0.3 is 12.1 Å². The van der Waals surface area contributed by atoms with E-state index in [2.05, 4.69) is 29.6 Å². The van der Waals surface area contributed by atoms with Crippen LogP contribution in [0.1, 0.15) is 49.1 Å². The molecule has 2 aromatic rings. The molecule has 5 rings (SSSR count). The Hall–Kier alpha value is -3.35. The zero-order valence-corrected chi connectivity index (χ0v) is 19.8. The number of ether oxygens (including phenoxy) is 1. The lowest BCUT2D eigenvalue weighted by atomic mass is 9.89. The maximum Gasteiger partial charge on any atom is 0.407 e. The SMILES string of the molecule is O=C(O)CCC1CN(C(=O)[C@@H]2CCC[C@@H]2CNC(=O)OCC2c3ccccc3-c3ccccc32)C1. The smallest absolute Gasteiger partial charge is 0.407 e. The van der Waals surface area contributed by atoms with Crippen LogP contribution >= 0.6 is 0 Å². The molecular weight excluding hydrogens is 444 g/mol. The Morgan fingerprint density at radius 1 is 0.971 bits per heavy atom. The Labute approximate surface area is 205 Å². The quantitative estimate of drug-likeness (QED) is 0.593. The van der Waals surface area contributed by atoms with E-state index < -0.39 is 12.1 Å². The van der Waals surface area contributed by atoms with E-state index in [4.69, 9.17) is 9.84 Å². The number of rotatable bonds is 8. The highest BCUT2D eigenvalue weighted by molar-refractivity contribution is 5.81. The summed E-state index contributed by atoms with van der Waals surface area (Å²) in [6.07, 6.45) is 3.06. The van der Waals surface area contributed by atoms with Crippen molar-refractivity contribution >= 4 is 18.0 Å². The number of benzene rings is 2. The Kier molecular flexibility index (Phi) is 6.75. The number of fused-ring (bicyclic) bond motifs is 3. The fourth-order valence-corrected chi connectivity index (χ4v) is 5.96. The van der Waals surface area contributed by atoms with Crippen LogP contribution in [0.4, 0.5) is 4.79 Å². The number of carboxylic acid groups (broad SMARTS) is 1. The third-order valence-corrected chi connectivity index (χ3v) is 7.86. The fourth-order valence-electron chi connectivity index (χ4n) is 5.96. The van der Waals surface area contributed by atoms with Crippen molar-refractivity contribution in [2.45, 2.75) is 38.0 Å². The van der Waals surface area contributed by atoms with E-state index in [-0.39, 0.29) is 42.6 Å². The number of carbonyl (C=O) groups excluding carboxylic acids is 2. The Morgan fingerprint density at radius 2 is 1.63 bits per heavy atom. The number of amides is 2. The number of nitrogens with one attached hydrogen (secondary N) is 1. The predicted octanol–water partition coefficient (Wildman–Crippen LogP) is 4.26. The minimum Gasteiger partial charge on any atom is -0.481 e. The van der Waals surface area contributed by atoms with Crippen LogP contribution in [0.3, 0.4) is 0 Å². The molecule has 1 saturated heterocycles. The van der Waals surface area contributed by atoms with Crippen LogP contribution in [0, 0.1) is 17.8 Å². The molecule has 2 fully saturated rings. The van der Waals surface area contributed by atoms with Gasteiger partial charge in [-0.3, -0.25) is 9.59 Å². The van der Waals surface area contributed by atoms with Gasteiger partial charge in [-0.1, -0.05) is 55.0 Å². The van der Waals surface area contributed by atoms with Crippen molar-refractivity contribution in [2.75, 3.05) is 26.2 Å². The summed E-state index contributed by atoms with van der Waals surface area (Å²) in [5.41, 5.74) is 4.75. The molecule has 2 aromatic carbocycles. The molecular formula is C28H32N2O5. The summed E-state index contributed by atoms with van der Waals surface area (Å²) in [7, 11) is 0. The first kappa shape index (κ1) is 23.4. The standard InChI is InChI=1S/C28H32N2O5/c31-26(32)13-12-18-15-30(16-18)27(33)20-11-5-6-19(20)14-29-28(34)35-17-25-23-9-3-1-7-21(23)22-8-2-4-10-24(22)25/h1-4,7-10,18-20,25H,5-6,11-17H2,(H,29,34)(H,31,32)/t19-,20-/m1/s1. The van der Waals surface area contributed by atoms with Crippen molar-refractivity contribution in [1.82, 2.24) is 10.2 Å². The predicted molar refractivity (Wildman–Crippen MR) is 131 cm³/mol. The molecule has 0 aromatic heterocycles. The Balaban J connectivity index is 1.10. The van der Waals surface area contributed by atoms with E-state index in [0.29, 0.717) is 26.1 Å². The molecule has 2 atom stereocenters. The van der Waals surface area contributed by atoms with E-state index in [9.17, 15) is 14.4 Å². The summed E-state index contributed by atoms with van der Waals surface area (Å²) in [5, 5.41) is 11.7. The van der Waals surface area contributed by atoms with Crippen molar-refractivity contribution in [2.24, 2.45) is 17.8 Å². The molecule has 184 valence electrons. The molecule has 7 nitrogen and oxygen atoms in total. The second-order valence-corrected chi connectivity index (χ2v) is 10.0. The topological polar surface area (TPSA) is 95.9 Å². The van der Waals surface area contributed by atoms with Gasteiger partial charge in [0.2, 0.25) is 5.91 Å². The Bertz CT molecular complexity index is 1060. The third-order valence-electron chi connectivity index (χ3n) is 7.86. The van der Waals surface area contributed by atoms with Crippen molar-refractivity contribution in [3.05, 3.63) is 59.7 Å². The zero-order chi connectivity index (χ0) is 24.4. The maximum absolute atomic E-state index is 13.0. The fraction of sp³-hybridized carbons (Fsp3) is 0.464. The van der Waals surface area contributed by atoms with Gasteiger partial charge < -0.3 is 20.1 Å². The normalized spacial score (nSPS) is 21.2. The molecule has 0 spiro atoms. The van der Waals surface area contributed by atoms with Crippen LogP contribution in [0.15, 0.2) is 48.5 Å². The van der Waals surface area contributed by atoms with Gasteiger partial charge in [0.1, 0.15) is 6.61 Å². The molecule has 2 aliphatic carbocycles. The van der Waals surface area contributed by atoms with Gasteiger partial charge in [-0.15, -0.1) is 0 Å². The number of hydrogen-bond acceptors (Lipinski definition) is 4. The molecule has 3 aliphatic rings. The number of nitrogens with zero attached hydrogens (tertiary/aromatic N) is 1. The minimum absolute atomic E-state index is 0.0226. The van der Waals surface area contributed by atoms with E-state index in [1.807, 2.05) is 29.2 Å². The molecule has 0 unspecified atom stereocenters. The summed E-state index contributed by atoms with van der Waals surface area (Å²) in [6.45, 7) is 2.01. The van der Waals surface area contributed by atoms with E-state index in [1.54, 1.807) is 0 Å². The zero-order valence-electron chi connectivity index (χ0n) is 19.8. The number of carboxylic acids is 1. The van der Waals surface area contributed by atoms with Gasteiger partial charge in [0.15, 0.2) is 0 Å². The maximum atomic E-state index is 13.0. The van der Waals surface area contributed by atoms with Gasteiger partial charge in [0, 0.05) is 37.9 Å². The lowest BCUT2D eigenvalue weighted by molar-refractivity contribution is -0.143. The van der Waals surface area contributed by atoms with E-state index >= 15 is 0 Å². The molecule has 7 heteroatoms. The third kappa shape index (κ3) is 4.90. The first-order valence-electron chi connectivity index (χ1n) is 12.6. The second-order valence-electron chi connectivity index (χ2n) is 10.0. The lowest BCUT2D eigenvalue weighted by Crippen LogP contribution is -2.53. The molecule has 1 aliphatic heterocycles. The molecule has 1 saturated carbocycles. The van der Waals surface area contributed by atoms with Crippen LogP contribution in [-0.4, -0.2) is 54.2 Å². The number of aliphatic carboxylic acids is 1. The van der Waals surface area contributed by atoms with Gasteiger partial charge in [-0.2, -0.15) is 0 Å². The summed E-state index contributed by atoms with van der Waals surface area (Å²) < 4.78 is 5.64. The molecule has 0 radical (unpaired) electrons. The molecule has 2 N–H and O–H groups in total. The summed E-state index contributed by atoms with van der Waals surface area (Å²) in [5.74, 6) is -0.299. The number of likely N-dealkylation sites (tertiary alicyclic amines) is 1. The number of hydrogen-bond donors (Lipinski definition) is 2. The van der Waals surface area contributed by atoms with E-state index in [1.165, 1.54) is 22.3 Å². The average molecular weight is 477 g/mol. The second kappa shape index (κ2) is 10.1. The van der Waals surface area contributed by atoms with Crippen LogP contribution in [0.5, 0.6) is 0 Å². The number of carbonyl (C=O) groups is 3. The molecule has 35 heavy (non-hydrogen) atoms. The van der Waals surface area contributed by atoms with Crippen molar-refractivity contribution < 1.29 is 24.2 Å². The highest BCUT2D eigenvalue weighted by atomic mass is 16.5. The lowest BCUT2D eigenvalue weighted by Gasteiger charge is -2.41. The van der Waals surface area contributed by atoms with Crippen molar-refractivity contribution in [1.29, 1.82) is 0 Å². The van der Waals surface area contributed by atoms with Crippen LogP contribution in [0.2, 0.25) is 0 Å². The summed E-state index contributed by atoms with van der Waals surface area (Å²) >= 11 is 0. The van der Waals surface area contributed by atoms with Crippen LogP contribution in [0.25, 0.3) is 11.1 Å². The molecule has 2 amide bonds. The van der Waals surface area contributed by atoms with Crippen LogP contribution < -0.4 is 5.32 Å². The van der Waals surface area contributed by atoms with E-state index in [0.717, 1.165) is 19.3 Å². The first-order chi connectivity index (χ1) is 17.0. The largest absolute Gasteiger partial charge is 0.481 e. The summed E-state index contributed by atoms with van der Waals surface area (Å²) in [4.78, 5) is 38.1. The van der Waals surface area contributed by atoms with Crippen molar-refractivity contribution in [3.8, 4) is 11.1 Å². The first-order valence-corrected chi connectivity index (χ1v) is 12.6. The Morgan fingerprint density at radius 3 is 2.29 bits per heavy atom. The number of alkyl carbamates (subject to hydrolysis) is 1. The van der Waals surface area contributed by atoms with Gasteiger partial charge in [-0.05, 0) is 53.4 Å². The summed E-state index contributed by atoms with van der Waals surface area (Å²) in [6, 6.07) is 16.5. The van der Waals surface area contributed by atoms with Gasteiger partial charge in [0.05, 0.1) is 0 Å². The highest BCUT2D eigenvalue weighted by Gasteiger charge is 2.40.